The van der Waals surface area contributed by atoms with Crippen molar-refractivity contribution in [3.63, 3.8) is 0 Å². The van der Waals surface area contributed by atoms with E-state index in [0.29, 0.717) is 11.0 Å². The van der Waals surface area contributed by atoms with E-state index in [1.54, 1.807) is 5.32 Å². The highest BCUT2D eigenvalue weighted by Crippen LogP contribution is 2.38. The Morgan fingerprint density at radius 2 is 1.56 bits per heavy atom. The molecule has 0 saturated carbocycles. The van der Waals surface area contributed by atoms with E-state index >= 15 is 0 Å². The Bertz CT molecular complexity index is 1140. The predicted octanol–water partition coefficient (Wildman–Crippen LogP) is 4.96. The van der Waals surface area contributed by atoms with Crippen LogP contribution < -0.4 is 10.6 Å². The van der Waals surface area contributed by atoms with Crippen LogP contribution in [-0.4, -0.2) is 28.1 Å². The van der Waals surface area contributed by atoms with E-state index in [0.717, 1.165) is 17.8 Å². The summed E-state index contributed by atoms with van der Waals surface area (Å²) in [6.07, 6.45) is -4.36. The number of thioether (sulfide) groups is 1. The van der Waals surface area contributed by atoms with E-state index in [1.165, 1.54) is 31.2 Å². The Labute approximate surface area is 190 Å². The minimum atomic E-state index is -5.72. The molecule has 2 aromatic rings. The van der Waals surface area contributed by atoms with Crippen molar-refractivity contribution in [2.75, 3.05) is 10.6 Å². The number of benzene rings is 2. The van der Waals surface area contributed by atoms with E-state index in [4.69, 9.17) is 5.11 Å². The van der Waals surface area contributed by atoms with Gasteiger partial charge in [-0.3, -0.25) is 9.59 Å². The molecule has 182 valence electrons. The fraction of sp³-hybridized carbons (Fsp3) is 0.150. The van der Waals surface area contributed by atoms with Crippen molar-refractivity contribution < 1.29 is 50.2 Å². The van der Waals surface area contributed by atoms with Gasteiger partial charge in [-0.05, 0) is 25.1 Å². The largest absolute Gasteiger partial charge is 0.478 e. The molecular weight excluding hydrogens is 497 g/mol. The number of hydrogen-bond acceptors (Lipinski definition) is 4. The van der Waals surface area contributed by atoms with Crippen molar-refractivity contribution in [3.8, 4) is 0 Å². The lowest BCUT2D eigenvalue weighted by Crippen LogP contribution is -2.25. The first-order valence-corrected chi connectivity index (χ1v) is 9.83. The molecule has 2 rings (SSSR count). The number of rotatable bonds is 7. The van der Waals surface area contributed by atoms with Crippen LogP contribution in [-0.2, 0) is 20.6 Å². The number of aliphatic carboxylic acids is 1. The van der Waals surface area contributed by atoms with Gasteiger partial charge < -0.3 is 15.7 Å². The van der Waals surface area contributed by atoms with Gasteiger partial charge in [0, 0.05) is 22.7 Å². The highest BCUT2D eigenvalue weighted by Gasteiger charge is 2.42. The van der Waals surface area contributed by atoms with Crippen LogP contribution in [0.25, 0.3) is 0 Å². The molecule has 0 saturated heterocycles. The minimum Gasteiger partial charge on any atom is -0.478 e. The van der Waals surface area contributed by atoms with Gasteiger partial charge in [0.25, 0.3) is 0 Å². The van der Waals surface area contributed by atoms with Crippen LogP contribution >= 0.6 is 11.8 Å². The molecule has 0 aliphatic heterocycles. The molecule has 14 heteroatoms. The first kappa shape index (κ1) is 26.7. The normalized spacial score (nSPS) is 12.5. The summed E-state index contributed by atoms with van der Waals surface area (Å²) in [5.74, 6) is -13.6. The molecule has 0 aliphatic carbocycles. The number of halogens is 7. The van der Waals surface area contributed by atoms with Crippen LogP contribution in [0.1, 0.15) is 12.5 Å². The zero-order chi connectivity index (χ0) is 25.8. The topological polar surface area (TPSA) is 95.5 Å². The molecule has 2 aromatic carbocycles. The zero-order valence-electron chi connectivity index (χ0n) is 16.8. The average molecular weight is 510 g/mol. The molecule has 3 N–H and O–H groups in total. The van der Waals surface area contributed by atoms with Gasteiger partial charge in [0.1, 0.15) is 11.3 Å². The van der Waals surface area contributed by atoms with Crippen molar-refractivity contribution in [1.29, 1.82) is 0 Å². The monoisotopic (exact) mass is 510 g/mol. The summed E-state index contributed by atoms with van der Waals surface area (Å²) >= 11 is 0.770. The molecular formula is C20H13F7N2O4S. The fourth-order valence-electron chi connectivity index (χ4n) is 2.45. The minimum absolute atomic E-state index is 0.196. The molecule has 34 heavy (non-hydrogen) atoms. The van der Waals surface area contributed by atoms with Crippen molar-refractivity contribution in [3.05, 3.63) is 65.2 Å². The number of hydrogen-bond donors (Lipinski definition) is 3. The Kier molecular flexibility index (Phi) is 8.31. The van der Waals surface area contributed by atoms with E-state index in [-0.39, 0.29) is 5.69 Å². The van der Waals surface area contributed by atoms with Crippen LogP contribution in [0, 0.1) is 23.3 Å². The van der Waals surface area contributed by atoms with Crippen LogP contribution in [0.4, 0.5) is 42.1 Å². The molecule has 0 spiro atoms. The predicted molar refractivity (Wildman–Crippen MR) is 107 cm³/mol. The number of amides is 2. The number of carboxylic acid groups (broad SMARTS) is 1. The third kappa shape index (κ3) is 6.50. The molecule has 0 bridgehead atoms. The van der Waals surface area contributed by atoms with Crippen LogP contribution in [0.2, 0.25) is 0 Å². The van der Waals surface area contributed by atoms with Crippen LogP contribution in [0.15, 0.2) is 41.3 Å². The lowest BCUT2D eigenvalue weighted by Gasteiger charge is -2.16. The lowest BCUT2D eigenvalue weighted by atomic mass is 10.1. The molecule has 0 fully saturated rings. The lowest BCUT2D eigenvalue weighted by molar-refractivity contribution is -0.143. The highest BCUT2D eigenvalue weighted by atomic mass is 32.2. The number of nitrogens with one attached hydrogen (secondary N) is 2. The molecule has 6 nitrogen and oxygen atoms in total. The quantitative estimate of drug-likeness (QED) is 0.212. The number of carbonyl (C=O) groups excluding carboxylic acids is 2. The second-order valence-electron chi connectivity index (χ2n) is 6.44. The van der Waals surface area contributed by atoms with Gasteiger partial charge in [-0.25, -0.2) is 22.4 Å². The number of carboxylic acids is 1. The molecule has 0 heterocycles. The SMILES string of the molecule is CC(Sc1cccc(NC(=O)/C=C/C(=O)O)c1)C(=O)Nc1c(F)c(F)c(C(F)(F)F)c(F)c1F. The van der Waals surface area contributed by atoms with Gasteiger partial charge in [0.2, 0.25) is 11.8 Å². The Morgan fingerprint density at radius 1 is 0.971 bits per heavy atom. The first-order valence-electron chi connectivity index (χ1n) is 8.95. The second kappa shape index (κ2) is 10.6. The molecule has 2 amide bonds. The van der Waals surface area contributed by atoms with Crippen molar-refractivity contribution >= 4 is 40.9 Å². The molecule has 1 unspecified atom stereocenters. The number of anilines is 2. The molecule has 0 aromatic heterocycles. The highest BCUT2D eigenvalue weighted by molar-refractivity contribution is 8.00. The Morgan fingerprint density at radius 3 is 2.09 bits per heavy atom. The summed E-state index contributed by atoms with van der Waals surface area (Å²) in [4.78, 5) is 34.6. The standard InChI is InChI=1S/C20H13F7N2O4S/c1-8(34-10-4-2-3-9(7-10)28-11(30)5-6-12(31)32)19(33)29-18-16(23)14(21)13(20(25,26)27)15(22)17(18)24/h2-8H,1H3,(H,28,30)(H,29,33)(H,31,32)/b6-5+. The Hall–Kier alpha value is -3.55. The Balaban J connectivity index is 2.18. The second-order valence-corrected chi connectivity index (χ2v) is 7.86. The smallest absolute Gasteiger partial charge is 0.422 e. The first-order chi connectivity index (χ1) is 15.7. The maximum absolute atomic E-state index is 14.0. The van der Waals surface area contributed by atoms with Gasteiger partial charge >= 0.3 is 12.1 Å². The average Bonchev–Trinajstić information content (AvgIpc) is 2.73. The number of carbonyl (C=O) groups is 3. The van der Waals surface area contributed by atoms with Crippen LogP contribution in [0.3, 0.4) is 0 Å². The van der Waals surface area contributed by atoms with Crippen molar-refractivity contribution in [2.45, 2.75) is 23.2 Å². The van der Waals surface area contributed by atoms with E-state index in [1.807, 2.05) is 0 Å². The van der Waals surface area contributed by atoms with Crippen molar-refractivity contribution in [2.24, 2.45) is 0 Å². The summed E-state index contributed by atoms with van der Waals surface area (Å²) in [6.45, 7) is 1.23. The number of alkyl halides is 3. The van der Waals surface area contributed by atoms with E-state index < -0.39 is 63.7 Å². The summed E-state index contributed by atoms with van der Waals surface area (Å²) < 4.78 is 93.4. The maximum Gasteiger partial charge on any atom is 0.422 e. The zero-order valence-corrected chi connectivity index (χ0v) is 17.6. The van der Waals surface area contributed by atoms with Gasteiger partial charge in [0.05, 0.1) is 5.25 Å². The maximum atomic E-state index is 14.0. The van der Waals surface area contributed by atoms with Gasteiger partial charge in [-0.1, -0.05) is 6.07 Å². The summed E-state index contributed by atoms with van der Waals surface area (Å²) in [5, 5.41) is 11.2. The van der Waals surface area contributed by atoms with E-state index in [2.05, 4.69) is 5.32 Å². The van der Waals surface area contributed by atoms with Crippen molar-refractivity contribution in [1.82, 2.24) is 0 Å². The fourth-order valence-corrected chi connectivity index (χ4v) is 3.38. The molecule has 0 radical (unpaired) electrons. The third-order valence-electron chi connectivity index (χ3n) is 3.96. The summed E-state index contributed by atoms with van der Waals surface area (Å²) in [7, 11) is 0. The summed E-state index contributed by atoms with van der Waals surface area (Å²) in [6, 6.07) is 5.71. The summed E-state index contributed by atoms with van der Waals surface area (Å²) in [5.41, 5.74) is -4.28. The van der Waals surface area contributed by atoms with Gasteiger partial charge in [-0.2, -0.15) is 13.2 Å². The van der Waals surface area contributed by atoms with Gasteiger partial charge in [-0.15, -0.1) is 11.8 Å². The van der Waals surface area contributed by atoms with Gasteiger partial charge in [0.15, 0.2) is 23.3 Å². The molecule has 0 aliphatic rings. The molecule has 1 atom stereocenters. The van der Waals surface area contributed by atoms with E-state index in [9.17, 15) is 45.1 Å². The third-order valence-corrected chi connectivity index (χ3v) is 5.05. The van der Waals surface area contributed by atoms with Crippen LogP contribution in [0.5, 0.6) is 0 Å².